The van der Waals surface area contributed by atoms with Crippen LogP contribution in [0.1, 0.15) is 6.92 Å². The first-order valence-corrected chi connectivity index (χ1v) is 7.84. The monoisotopic (exact) mass is 356 g/mol. The van der Waals surface area contributed by atoms with Gasteiger partial charge in [-0.2, -0.15) is 5.10 Å². The zero-order chi connectivity index (χ0) is 15.2. The van der Waals surface area contributed by atoms with Gasteiger partial charge in [-0.05, 0) is 22.9 Å². The van der Waals surface area contributed by atoms with Crippen molar-refractivity contribution >= 4 is 21.6 Å². The van der Waals surface area contributed by atoms with Gasteiger partial charge in [0.15, 0.2) is 0 Å². The fourth-order valence-electron chi connectivity index (χ4n) is 2.30. The maximum Gasteiger partial charge on any atom is 0.283 e. The van der Waals surface area contributed by atoms with Gasteiger partial charge in [0, 0.05) is 25.7 Å². The second-order valence-corrected chi connectivity index (χ2v) is 5.90. The molecule has 0 spiro atoms. The molecule has 0 aromatic carbocycles. The van der Waals surface area contributed by atoms with Gasteiger partial charge in [0.25, 0.3) is 5.56 Å². The maximum atomic E-state index is 12.1. The Hall–Kier alpha value is -1.18. The van der Waals surface area contributed by atoms with Crippen LogP contribution in [0.2, 0.25) is 0 Å². The number of halogens is 1. The molecule has 21 heavy (non-hydrogen) atoms. The average Bonchev–Trinajstić information content (AvgIpc) is 2.48. The predicted molar refractivity (Wildman–Crippen MR) is 86.7 cm³/mol. The van der Waals surface area contributed by atoms with Crippen LogP contribution < -0.4 is 10.9 Å². The van der Waals surface area contributed by atoms with Crippen LogP contribution in [-0.4, -0.2) is 53.6 Å². The molecule has 2 rings (SSSR count). The minimum absolute atomic E-state index is 0.154. The quantitative estimate of drug-likeness (QED) is 0.779. The molecule has 1 atom stereocenters. The zero-order valence-electron chi connectivity index (χ0n) is 12.2. The largest absolute Gasteiger partial charge is 0.379 e. The summed E-state index contributed by atoms with van der Waals surface area (Å²) in [6.45, 7) is 10.5. The molecule has 1 saturated heterocycles. The molecule has 7 heteroatoms. The topological polar surface area (TPSA) is 59.4 Å². The number of anilines is 1. The second-order valence-electron chi connectivity index (χ2n) is 5.11. The summed E-state index contributed by atoms with van der Waals surface area (Å²) in [5.41, 5.74) is 0.569. The Bertz CT molecular complexity index is 540. The summed E-state index contributed by atoms with van der Waals surface area (Å²) in [4.78, 5) is 14.4. The van der Waals surface area contributed by atoms with Gasteiger partial charge in [0.1, 0.15) is 4.47 Å². The van der Waals surface area contributed by atoms with Crippen LogP contribution in [0.15, 0.2) is 28.1 Å². The second kappa shape index (κ2) is 7.72. The lowest BCUT2D eigenvalue weighted by molar-refractivity contribution is 0.0368. The molecule has 1 N–H and O–H groups in total. The molecule has 0 amide bonds. The van der Waals surface area contributed by atoms with E-state index in [0.717, 1.165) is 38.5 Å². The van der Waals surface area contributed by atoms with Crippen molar-refractivity contribution in [3.05, 3.63) is 33.7 Å². The van der Waals surface area contributed by atoms with Crippen LogP contribution in [0.25, 0.3) is 0 Å². The molecule has 0 radical (unpaired) electrons. The number of nitrogens with zero attached hydrogens (tertiary/aromatic N) is 3. The number of morpholine rings is 1. The van der Waals surface area contributed by atoms with Gasteiger partial charge in [-0.1, -0.05) is 6.08 Å². The minimum Gasteiger partial charge on any atom is -0.379 e. The number of rotatable bonds is 6. The summed E-state index contributed by atoms with van der Waals surface area (Å²) in [6, 6.07) is 0.218. The molecule has 1 aromatic rings. The first kappa shape index (κ1) is 16.2. The van der Waals surface area contributed by atoms with Crippen LogP contribution in [0.3, 0.4) is 0 Å². The molecule has 1 unspecified atom stereocenters. The van der Waals surface area contributed by atoms with Crippen LogP contribution in [0.5, 0.6) is 0 Å². The summed E-state index contributed by atoms with van der Waals surface area (Å²) in [6.07, 6.45) is 3.32. The number of ether oxygens (including phenoxy) is 1. The first-order chi connectivity index (χ1) is 10.1. The third-order valence-electron chi connectivity index (χ3n) is 3.32. The highest BCUT2D eigenvalue weighted by atomic mass is 79.9. The van der Waals surface area contributed by atoms with Crippen molar-refractivity contribution in [3.8, 4) is 0 Å². The molecule has 1 aromatic heterocycles. The van der Waals surface area contributed by atoms with E-state index in [0.29, 0.717) is 11.0 Å². The molecule has 2 heterocycles. The third-order valence-corrected chi connectivity index (χ3v) is 4.09. The van der Waals surface area contributed by atoms with E-state index in [2.05, 4.69) is 44.7 Å². The van der Waals surface area contributed by atoms with E-state index in [1.165, 1.54) is 4.68 Å². The summed E-state index contributed by atoms with van der Waals surface area (Å²) < 4.78 is 7.22. The van der Waals surface area contributed by atoms with Crippen molar-refractivity contribution in [1.29, 1.82) is 0 Å². The first-order valence-electron chi connectivity index (χ1n) is 7.05. The maximum absolute atomic E-state index is 12.1. The zero-order valence-corrected chi connectivity index (χ0v) is 13.8. The van der Waals surface area contributed by atoms with E-state index in [-0.39, 0.29) is 11.6 Å². The van der Waals surface area contributed by atoms with Gasteiger partial charge >= 0.3 is 0 Å². The van der Waals surface area contributed by atoms with Gasteiger partial charge in [-0.25, -0.2) is 4.68 Å². The van der Waals surface area contributed by atoms with E-state index >= 15 is 0 Å². The lowest BCUT2D eigenvalue weighted by atomic mass is 10.2. The Balaban J connectivity index is 2.00. The van der Waals surface area contributed by atoms with Crippen LogP contribution in [0.4, 0.5) is 5.69 Å². The highest BCUT2D eigenvalue weighted by Gasteiger charge is 2.15. The fraction of sp³-hybridized carbons (Fsp3) is 0.571. The normalized spacial score (nSPS) is 17.4. The SMILES string of the molecule is C=CCn1ncc(NC(C)CN2CCOCC2)c(Br)c1=O. The van der Waals surface area contributed by atoms with E-state index in [1.807, 2.05) is 0 Å². The lowest BCUT2D eigenvalue weighted by Crippen LogP contribution is -2.42. The molecule has 1 aliphatic rings. The van der Waals surface area contributed by atoms with E-state index in [4.69, 9.17) is 4.74 Å². The molecule has 1 fully saturated rings. The summed E-state index contributed by atoms with van der Waals surface area (Å²) in [5, 5.41) is 7.47. The molecule has 0 bridgehead atoms. The summed E-state index contributed by atoms with van der Waals surface area (Å²) >= 11 is 3.35. The number of nitrogens with one attached hydrogen (secondary N) is 1. The van der Waals surface area contributed by atoms with Gasteiger partial charge in [0.05, 0.1) is 31.6 Å². The third kappa shape index (κ3) is 4.39. The van der Waals surface area contributed by atoms with Crippen molar-refractivity contribution in [3.63, 3.8) is 0 Å². The number of aromatic nitrogens is 2. The molecule has 1 aliphatic heterocycles. The lowest BCUT2D eigenvalue weighted by Gasteiger charge is -2.29. The Morgan fingerprint density at radius 1 is 1.57 bits per heavy atom. The average molecular weight is 357 g/mol. The van der Waals surface area contributed by atoms with Gasteiger partial charge in [0.2, 0.25) is 0 Å². The Labute approximate surface area is 132 Å². The van der Waals surface area contributed by atoms with Crippen LogP contribution in [0, 0.1) is 0 Å². The Morgan fingerprint density at radius 2 is 2.29 bits per heavy atom. The van der Waals surface area contributed by atoms with Crippen molar-refractivity contribution in [1.82, 2.24) is 14.7 Å². The van der Waals surface area contributed by atoms with E-state index < -0.39 is 0 Å². The molecule has 0 saturated carbocycles. The Kier molecular flexibility index (Phi) is 5.96. The van der Waals surface area contributed by atoms with Gasteiger partial charge in [-0.3, -0.25) is 9.69 Å². The van der Waals surface area contributed by atoms with E-state index in [1.54, 1.807) is 12.3 Å². The molecule has 6 nitrogen and oxygen atoms in total. The molecule has 0 aliphatic carbocycles. The van der Waals surface area contributed by atoms with Gasteiger partial charge < -0.3 is 10.1 Å². The summed E-state index contributed by atoms with van der Waals surface area (Å²) in [7, 11) is 0. The highest BCUT2D eigenvalue weighted by molar-refractivity contribution is 9.10. The predicted octanol–water partition coefficient (Wildman–Crippen LogP) is 1.32. The standard InChI is InChI=1S/C14H21BrN4O2/c1-3-4-19-14(20)13(15)12(9-16-19)17-11(2)10-18-5-7-21-8-6-18/h3,9,11,17H,1,4-8,10H2,2H3. The molecular formula is C14H21BrN4O2. The van der Waals surface area contributed by atoms with Crippen LogP contribution in [-0.2, 0) is 11.3 Å². The van der Waals surface area contributed by atoms with Crippen molar-refractivity contribution in [2.45, 2.75) is 19.5 Å². The Morgan fingerprint density at radius 3 is 2.95 bits per heavy atom. The van der Waals surface area contributed by atoms with Crippen molar-refractivity contribution in [2.75, 3.05) is 38.2 Å². The minimum atomic E-state index is -0.154. The molecule has 116 valence electrons. The molecular weight excluding hydrogens is 336 g/mol. The van der Waals surface area contributed by atoms with Crippen molar-refractivity contribution < 1.29 is 4.74 Å². The highest BCUT2D eigenvalue weighted by Crippen LogP contribution is 2.17. The number of hydrogen-bond acceptors (Lipinski definition) is 5. The van der Waals surface area contributed by atoms with Crippen LogP contribution >= 0.6 is 15.9 Å². The van der Waals surface area contributed by atoms with E-state index in [9.17, 15) is 4.79 Å². The number of allylic oxidation sites excluding steroid dienone is 1. The van der Waals surface area contributed by atoms with Crippen molar-refractivity contribution in [2.24, 2.45) is 0 Å². The smallest absolute Gasteiger partial charge is 0.283 e. The summed E-state index contributed by atoms with van der Waals surface area (Å²) in [5.74, 6) is 0. The fourth-order valence-corrected chi connectivity index (χ4v) is 2.72. The number of hydrogen-bond donors (Lipinski definition) is 1. The van der Waals surface area contributed by atoms with Gasteiger partial charge in [-0.15, -0.1) is 6.58 Å².